The molecule has 0 radical (unpaired) electrons. The highest BCUT2D eigenvalue weighted by Gasteiger charge is 2.11. The minimum absolute atomic E-state index is 0.0879. The van der Waals surface area contributed by atoms with Gasteiger partial charge in [0.05, 0.1) is 0 Å². The highest BCUT2D eigenvalue weighted by atomic mass is 35.5. The number of hydrogen-bond donors (Lipinski definition) is 0. The lowest BCUT2D eigenvalue weighted by atomic mass is 10.1. The number of hydrogen-bond acceptors (Lipinski definition) is 2. The number of carbonyl (C=O) groups is 1. The highest BCUT2D eigenvalue weighted by Crippen LogP contribution is 2.19. The summed E-state index contributed by atoms with van der Waals surface area (Å²) < 4.78 is 24.2. The van der Waals surface area contributed by atoms with Crippen LogP contribution >= 0.6 is 11.6 Å². The maximum absolute atomic E-state index is 12.1. The van der Waals surface area contributed by atoms with Crippen molar-refractivity contribution in [2.75, 3.05) is 0 Å². The van der Waals surface area contributed by atoms with Crippen molar-refractivity contribution in [3.05, 3.63) is 29.1 Å². The van der Waals surface area contributed by atoms with Gasteiger partial charge >= 0.3 is 0 Å². The number of pyridine rings is 1. The Morgan fingerprint density at radius 2 is 2.31 bits per heavy atom. The fourth-order valence-corrected chi connectivity index (χ4v) is 1.08. The molecule has 0 unspecified atom stereocenters. The number of rotatable bonds is 3. The third-order valence-corrected chi connectivity index (χ3v) is 1.83. The lowest BCUT2D eigenvalue weighted by Gasteiger charge is -2.02. The second-order valence-electron chi connectivity index (χ2n) is 2.36. The van der Waals surface area contributed by atoms with Gasteiger partial charge in [0.2, 0.25) is 0 Å². The Morgan fingerprint density at radius 3 is 2.77 bits per heavy atom. The Labute approximate surface area is 78.5 Å². The van der Waals surface area contributed by atoms with E-state index in [0.29, 0.717) is 11.8 Å². The molecule has 0 bridgehead atoms. The summed E-state index contributed by atoms with van der Waals surface area (Å²) >= 11 is 5.46. The average Bonchev–Trinajstić information content (AvgIpc) is 2.16. The molecule has 1 aromatic rings. The molecule has 1 aromatic heterocycles. The van der Waals surface area contributed by atoms with E-state index in [1.807, 2.05) is 0 Å². The second kappa shape index (κ2) is 4.28. The molecule has 0 aliphatic rings. The van der Waals surface area contributed by atoms with E-state index < -0.39 is 12.1 Å². The number of alkyl halides is 3. The van der Waals surface area contributed by atoms with Crippen molar-refractivity contribution >= 4 is 17.9 Å². The van der Waals surface area contributed by atoms with Crippen LogP contribution in [0.3, 0.4) is 0 Å². The number of aldehydes is 1. The Hall–Kier alpha value is -1.03. The van der Waals surface area contributed by atoms with Crippen LogP contribution in [0.15, 0.2) is 12.3 Å². The zero-order valence-corrected chi connectivity index (χ0v) is 7.26. The van der Waals surface area contributed by atoms with Crippen LogP contribution in [0.4, 0.5) is 8.78 Å². The largest absolute Gasteiger partial charge is 0.298 e. The highest BCUT2D eigenvalue weighted by molar-refractivity contribution is 6.17. The van der Waals surface area contributed by atoms with Crippen molar-refractivity contribution in [2.45, 2.75) is 12.3 Å². The molecular weight excluding hydrogens is 200 g/mol. The van der Waals surface area contributed by atoms with Gasteiger partial charge in [0.15, 0.2) is 0 Å². The summed E-state index contributed by atoms with van der Waals surface area (Å²) in [6.45, 7) is 0. The van der Waals surface area contributed by atoms with Crippen molar-refractivity contribution < 1.29 is 13.6 Å². The van der Waals surface area contributed by atoms with Crippen LogP contribution in [-0.4, -0.2) is 11.3 Å². The zero-order valence-electron chi connectivity index (χ0n) is 6.51. The molecule has 0 amide bonds. The summed E-state index contributed by atoms with van der Waals surface area (Å²) in [4.78, 5) is 13.9. The van der Waals surface area contributed by atoms with Crippen molar-refractivity contribution in [3.8, 4) is 0 Å². The van der Waals surface area contributed by atoms with Crippen molar-refractivity contribution in [1.82, 2.24) is 4.98 Å². The van der Waals surface area contributed by atoms with Crippen LogP contribution in [0.1, 0.15) is 28.0 Å². The van der Waals surface area contributed by atoms with Gasteiger partial charge in [-0.3, -0.25) is 9.78 Å². The van der Waals surface area contributed by atoms with Gasteiger partial charge in [0.25, 0.3) is 6.43 Å². The average molecular weight is 206 g/mol. The van der Waals surface area contributed by atoms with Crippen molar-refractivity contribution in [1.29, 1.82) is 0 Å². The minimum atomic E-state index is -2.66. The molecule has 0 saturated heterocycles. The van der Waals surface area contributed by atoms with Gasteiger partial charge in [0, 0.05) is 17.6 Å². The minimum Gasteiger partial charge on any atom is -0.298 e. The lowest BCUT2D eigenvalue weighted by Crippen LogP contribution is -1.97. The molecule has 0 atom stereocenters. The third-order valence-electron chi connectivity index (χ3n) is 1.54. The molecule has 0 saturated carbocycles. The molecule has 0 N–H and O–H groups in total. The summed E-state index contributed by atoms with van der Waals surface area (Å²) in [6.07, 6.45) is -0.980. The smallest absolute Gasteiger partial charge is 0.280 e. The van der Waals surface area contributed by atoms with Crippen LogP contribution in [0.25, 0.3) is 0 Å². The van der Waals surface area contributed by atoms with Crippen molar-refractivity contribution in [2.24, 2.45) is 0 Å². The quantitative estimate of drug-likeness (QED) is 0.561. The predicted molar refractivity (Wildman–Crippen MR) is 44.1 cm³/mol. The number of carbonyl (C=O) groups excluding carboxylic acids is 1. The topological polar surface area (TPSA) is 30.0 Å². The maximum Gasteiger partial charge on any atom is 0.280 e. The lowest BCUT2D eigenvalue weighted by molar-refractivity contribution is 0.112. The third kappa shape index (κ3) is 2.21. The number of aromatic nitrogens is 1. The van der Waals surface area contributed by atoms with E-state index in [9.17, 15) is 13.6 Å². The monoisotopic (exact) mass is 205 g/mol. The fraction of sp³-hybridized carbons (Fsp3) is 0.250. The Balaban J connectivity index is 3.13. The van der Waals surface area contributed by atoms with E-state index in [0.717, 1.165) is 6.07 Å². The van der Waals surface area contributed by atoms with Crippen LogP contribution in [0.5, 0.6) is 0 Å². The Bertz CT molecular complexity index is 317. The first-order chi connectivity index (χ1) is 6.19. The fourth-order valence-electron chi connectivity index (χ4n) is 0.857. The van der Waals surface area contributed by atoms with Gasteiger partial charge < -0.3 is 0 Å². The molecule has 5 heteroatoms. The van der Waals surface area contributed by atoms with E-state index in [2.05, 4.69) is 4.98 Å². The first-order valence-electron chi connectivity index (χ1n) is 3.47. The summed E-state index contributed by atoms with van der Waals surface area (Å²) in [6, 6.07) is 1.05. The second-order valence-corrected chi connectivity index (χ2v) is 2.63. The molecule has 0 aromatic carbocycles. The van der Waals surface area contributed by atoms with E-state index in [-0.39, 0.29) is 11.4 Å². The molecule has 1 rings (SSSR count). The maximum atomic E-state index is 12.1. The summed E-state index contributed by atoms with van der Waals surface area (Å²) in [7, 11) is 0. The first kappa shape index (κ1) is 10.1. The van der Waals surface area contributed by atoms with E-state index in [1.54, 1.807) is 0 Å². The molecule has 0 aliphatic carbocycles. The molecule has 70 valence electrons. The predicted octanol–water partition coefficient (Wildman–Crippen LogP) is 2.57. The molecule has 2 nitrogen and oxygen atoms in total. The van der Waals surface area contributed by atoms with Gasteiger partial charge in [-0.1, -0.05) is 0 Å². The summed E-state index contributed by atoms with van der Waals surface area (Å²) in [5.74, 6) is 0.0879. The van der Waals surface area contributed by atoms with Gasteiger partial charge in [-0.05, 0) is 11.6 Å². The van der Waals surface area contributed by atoms with Crippen LogP contribution in [0, 0.1) is 0 Å². The molecule has 0 fully saturated rings. The van der Waals surface area contributed by atoms with E-state index in [1.165, 1.54) is 6.20 Å². The Morgan fingerprint density at radius 1 is 1.62 bits per heavy atom. The van der Waals surface area contributed by atoms with Gasteiger partial charge in [-0.15, -0.1) is 11.6 Å². The molecule has 0 spiro atoms. The molecule has 0 aliphatic heterocycles. The SMILES string of the molecule is O=Cc1cc(C(F)F)ncc1CCl. The number of nitrogens with zero attached hydrogens (tertiary/aromatic N) is 1. The van der Waals surface area contributed by atoms with Crippen LogP contribution < -0.4 is 0 Å². The normalized spacial score (nSPS) is 10.5. The van der Waals surface area contributed by atoms with E-state index >= 15 is 0 Å². The van der Waals surface area contributed by atoms with Gasteiger partial charge in [-0.2, -0.15) is 0 Å². The molecular formula is C8H6ClF2NO. The van der Waals surface area contributed by atoms with Gasteiger partial charge in [0.1, 0.15) is 12.0 Å². The Kier molecular flexibility index (Phi) is 3.31. The van der Waals surface area contributed by atoms with Crippen LogP contribution in [-0.2, 0) is 5.88 Å². The summed E-state index contributed by atoms with van der Waals surface area (Å²) in [5, 5.41) is 0. The van der Waals surface area contributed by atoms with Gasteiger partial charge in [-0.25, -0.2) is 8.78 Å². The van der Waals surface area contributed by atoms with Crippen LogP contribution in [0.2, 0.25) is 0 Å². The standard InChI is InChI=1S/C8H6ClF2NO/c9-2-6-3-12-7(8(10)11)1-5(6)4-13/h1,3-4,8H,2H2. The van der Waals surface area contributed by atoms with Crippen molar-refractivity contribution in [3.63, 3.8) is 0 Å². The molecule has 1 heterocycles. The first-order valence-corrected chi connectivity index (χ1v) is 4.00. The van der Waals surface area contributed by atoms with E-state index in [4.69, 9.17) is 11.6 Å². The molecule has 13 heavy (non-hydrogen) atoms. The number of halogens is 3. The zero-order chi connectivity index (χ0) is 9.84. The summed E-state index contributed by atoms with van der Waals surface area (Å²) in [5.41, 5.74) is 0.220.